The van der Waals surface area contributed by atoms with Gasteiger partial charge in [-0.05, 0) is 31.0 Å². The minimum Gasteiger partial charge on any atom is -0.398 e. The van der Waals surface area contributed by atoms with E-state index in [1.807, 2.05) is 0 Å². The molecule has 1 fully saturated rings. The van der Waals surface area contributed by atoms with Crippen LogP contribution in [-0.2, 0) is 14.8 Å². The second-order valence-electron chi connectivity index (χ2n) is 4.63. The van der Waals surface area contributed by atoms with E-state index in [-0.39, 0.29) is 16.8 Å². The Balaban J connectivity index is 2.19. The van der Waals surface area contributed by atoms with Crippen molar-refractivity contribution in [3.63, 3.8) is 0 Å². The summed E-state index contributed by atoms with van der Waals surface area (Å²) in [4.78, 5) is 11.2. The van der Waals surface area contributed by atoms with Crippen molar-refractivity contribution in [1.29, 1.82) is 0 Å². The molecule has 0 saturated carbocycles. The van der Waals surface area contributed by atoms with Crippen LogP contribution in [0.2, 0.25) is 0 Å². The van der Waals surface area contributed by atoms with Crippen molar-refractivity contribution in [3.8, 4) is 0 Å². The highest BCUT2D eigenvalue weighted by Crippen LogP contribution is 2.21. The number of carbonyl (C=O) groups is 1. The highest BCUT2D eigenvalue weighted by atomic mass is 32.2. The molecule has 2 rings (SSSR count). The summed E-state index contributed by atoms with van der Waals surface area (Å²) in [6.45, 7) is 1.99. The Hall–Kier alpha value is -1.60. The van der Waals surface area contributed by atoms with Crippen LogP contribution in [0.4, 0.5) is 5.69 Å². The van der Waals surface area contributed by atoms with Crippen molar-refractivity contribution in [2.75, 3.05) is 12.3 Å². The van der Waals surface area contributed by atoms with E-state index in [1.54, 1.807) is 19.1 Å². The zero-order chi connectivity index (χ0) is 14.0. The summed E-state index contributed by atoms with van der Waals surface area (Å²) in [5.74, 6) is -0.0458. The third kappa shape index (κ3) is 3.05. The fourth-order valence-corrected chi connectivity index (χ4v) is 3.58. The first-order valence-electron chi connectivity index (χ1n) is 6.04. The summed E-state index contributed by atoms with van der Waals surface area (Å²) in [6.07, 6.45) is 0.843. The number of nitrogen functional groups attached to an aromatic ring is 1. The lowest BCUT2D eigenvalue weighted by atomic mass is 10.1. The number of carbonyl (C=O) groups excluding carboxylic acids is 1. The highest BCUT2D eigenvalue weighted by Gasteiger charge is 2.25. The molecule has 1 aromatic rings. The Morgan fingerprint density at radius 2 is 2.16 bits per heavy atom. The third-order valence-corrected chi connectivity index (χ3v) is 4.87. The van der Waals surface area contributed by atoms with Gasteiger partial charge in [0, 0.05) is 24.7 Å². The van der Waals surface area contributed by atoms with E-state index < -0.39 is 10.0 Å². The molecule has 0 radical (unpaired) electrons. The number of nitrogens with one attached hydrogen (secondary N) is 2. The van der Waals surface area contributed by atoms with Gasteiger partial charge in [-0.15, -0.1) is 0 Å². The number of amides is 1. The van der Waals surface area contributed by atoms with Crippen LogP contribution in [0, 0.1) is 6.92 Å². The molecule has 104 valence electrons. The first-order chi connectivity index (χ1) is 8.90. The Labute approximate surface area is 112 Å². The van der Waals surface area contributed by atoms with Gasteiger partial charge in [0.15, 0.2) is 0 Å². The Kier molecular flexibility index (Phi) is 3.77. The topological polar surface area (TPSA) is 101 Å². The molecule has 1 aromatic carbocycles. The fraction of sp³-hybridized carbons (Fsp3) is 0.417. The van der Waals surface area contributed by atoms with E-state index in [0.29, 0.717) is 30.6 Å². The van der Waals surface area contributed by atoms with Gasteiger partial charge < -0.3 is 11.1 Å². The predicted octanol–water partition coefficient (Wildman–Crippen LogP) is 0.134. The Bertz CT molecular complexity index is 588. The maximum atomic E-state index is 12.3. The summed E-state index contributed by atoms with van der Waals surface area (Å²) in [5, 5.41) is 2.64. The first-order valence-corrected chi connectivity index (χ1v) is 7.52. The fourth-order valence-electron chi connectivity index (χ4n) is 2.04. The van der Waals surface area contributed by atoms with Crippen LogP contribution < -0.4 is 15.8 Å². The van der Waals surface area contributed by atoms with E-state index in [2.05, 4.69) is 10.0 Å². The van der Waals surface area contributed by atoms with Crippen molar-refractivity contribution in [3.05, 3.63) is 23.8 Å². The first kappa shape index (κ1) is 13.8. The van der Waals surface area contributed by atoms with Crippen molar-refractivity contribution >= 4 is 21.6 Å². The van der Waals surface area contributed by atoms with E-state index in [0.717, 1.165) is 0 Å². The summed E-state index contributed by atoms with van der Waals surface area (Å²) in [7, 11) is -3.61. The van der Waals surface area contributed by atoms with E-state index >= 15 is 0 Å². The molecule has 0 bridgehead atoms. The zero-order valence-electron chi connectivity index (χ0n) is 10.6. The summed E-state index contributed by atoms with van der Waals surface area (Å²) >= 11 is 0. The average Bonchev–Trinajstić information content (AvgIpc) is 2.35. The molecule has 0 aromatic heterocycles. The van der Waals surface area contributed by atoms with Gasteiger partial charge >= 0.3 is 0 Å². The van der Waals surface area contributed by atoms with Crippen molar-refractivity contribution < 1.29 is 13.2 Å². The molecule has 0 aliphatic carbocycles. The molecule has 1 amide bonds. The van der Waals surface area contributed by atoms with Gasteiger partial charge in [0.2, 0.25) is 15.9 Å². The number of sulfonamides is 1. The lowest BCUT2D eigenvalue weighted by Crippen LogP contribution is -2.47. The molecule has 4 N–H and O–H groups in total. The van der Waals surface area contributed by atoms with Gasteiger partial charge in [0.25, 0.3) is 0 Å². The van der Waals surface area contributed by atoms with Crippen molar-refractivity contribution in [2.24, 2.45) is 0 Å². The van der Waals surface area contributed by atoms with Crippen LogP contribution >= 0.6 is 0 Å². The van der Waals surface area contributed by atoms with Crippen LogP contribution in [0.5, 0.6) is 0 Å². The monoisotopic (exact) mass is 283 g/mol. The Morgan fingerprint density at radius 3 is 2.79 bits per heavy atom. The number of piperidine rings is 1. The number of rotatable bonds is 3. The van der Waals surface area contributed by atoms with Gasteiger partial charge in [-0.3, -0.25) is 4.79 Å². The van der Waals surface area contributed by atoms with Gasteiger partial charge in [0.1, 0.15) is 0 Å². The number of anilines is 1. The van der Waals surface area contributed by atoms with Crippen molar-refractivity contribution in [2.45, 2.75) is 30.7 Å². The van der Waals surface area contributed by atoms with Gasteiger partial charge in [-0.25, -0.2) is 13.1 Å². The maximum absolute atomic E-state index is 12.3. The molecular formula is C12H17N3O3S. The number of hydrogen-bond acceptors (Lipinski definition) is 4. The van der Waals surface area contributed by atoms with E-state index in [1.165, 1.54) is 6.07 Å². The molecule has 1 heterocycles. The lowest BCUT2D eigenvalue weighted by molar-refractivity contribution is -0.122. The molecular weight excluding hydrogens is 266 g/mol. The van der Waals surface area contributed by atoms with Crippen LogP contribution in [0.25, 0.3) is 0 Å². The van der Waals surface area contributed by atoms with Crippen LogP contribution in [-0.4, -0.2) is 26.9 Å². The largest absolute Gasteiger partial charge is 0.398 e. The highest BCUT2D eigenvalue weighted by molar-refractivity contribution is 7.89. The van der Waals surface area contributed by atoms with Crippen LogP contribution in [0.15, 0.2) is 23.1 Å². The molecule has 1 saturated heterocycles. The number of benzene rings is 1. The molecule has 6 nitrogen and oxygen atoms in total. The minimum absolute atomic E-state index is 0.0458. The van der Waals surface area contributed by atoms with Crippen LogP contribution in [0.1, 0.15) is 18.4 Å². The second kappa shape index (κ2) is 5.18. The van der Waals surface area contributed by atoms with Crippen molar-refractivity contribution in [1.82, 2.24) is 10.0 Å². The number of nitrogens with two attached hydrogens (primary N) is 1. The number of hydrogen-bond donors (Lipinski definition) is 3. The van der Waals surface area contributed by atoms with E-state index in [4.69, 9.17) is 5.73 Å². The average molecular weight is 283 g/mol. The zero-order valence-corrected chi connectivity index (χ0v) is 11.5. The van der Waals surface area contributed by atoms with E-state index in [9.17, 15) is 13.2 Å². The summed E-state index contributed by atoms with van der Waals surface area (Å²) in [6, 6.07) is 4.52. The molecule has 19 heavy (non-hydrogen) atoms. The lowest BCUT2D eigenvalue weighted by Gasteiger charge is -2.23. The minimum atomic E-state index is -3.61. The molecule has 7 heteroatoms. The van der Waals surface area contributed by atoms with Gasteiger partial charge in [-0.1, -0.05) is 6.07 Å². The second-order valence-corrected chi connectivity index (χ2v) is 6.31. The smallest absolute Gasteiger partial charge is 0.241 e. The molecule has 1 aliphatic heterocycles. The predicted molar refractivity (Wildman–Crippen MR) is 71.9 cm³/mol. The van der Waals surface area contributed by atoms with Gasteiger partial charge in [-0.2, -0.15) is 0 Å². The molecule has 1 atom stereocenters. The summed E-state index contributed by atoms with van der Waals surface area (Å²) in [5.41, 5.74) is 6.70. The normalized spacial score (nSPS) is 20.1. The standard InChI is InChI=1S/C12H17N3O3S/c1-8-10(13)3-2-4-11(8)19(17,18)15-9-5-6-12(16)14-7-9/h2-4,9,15H,5-7,13H2,1H3,(H,14,16). The Morgan fingerprint density at radius 1 is 1.42 bits per heavy atom. The quantitative estimate of drug-likeness (QED) is 0.686. The third-order valence-electron chi connectivity index (χ3n) is 3.20. The van der Waals surface area contributed by atoms with Gasteiger partial charge in [0.05, 0.1) is 4.90 Å². The molecule has 1 aliphatic rings. The molecule has 1 unspecified atom stereocenters. The summed E-state index contributed by atoms with van der Waals surface area (Å²) < 4.78 is 27.2. The maximum Gasteiger partial charge on any atom is 0.241 e. The SMILES string of the molecule is Cc1c(N)cccc1S(=O)(=O)NC1CCC(=O)NC1. The van der Waals surface area contributed by atoms with Crippen LogP contribution in [0.3, 0.4) is 0 Å². The molecule has 0 spiro atoms.